The van der Waals surface area contributed by atoms with Crippen LogP contribution in [0.5, 0.6) is 0 Å². The molecule has 1 heterocycles. The molecular formula is C17H30N4. The van der Waals surface area contributed by atoms with Gasteiger partial charge in [0.1, 0.15) is 5.82 Å². The number of nitrogens with one attached hydrogen (secondary N) is 1. The van der Waals surface area contributed by atoms with Gasteiger partial charge in [-0.1, -0.05) is 6.07 Å². The van der Waals surface area contributed by atoms with Crippen molar-refractivity contribution in [2.45, 2.75) is 45.1 Å². The molecule has 1 saturated carbocycles. The van der Waals surface area contributed by atoms with Crippen LogP contribution in [0.15, 0.2) is 18.3 Å². The molecule has 0 atom stereocenters. The fourth-order valence-corrected chi connectivity index (χ4v) is 3.12. The van der Waals surface area contributed by atoms with Crippen molar-refractivity contribution in [3.05, 3.63) is 23.9 Å². The van der Waals surface area contributed by atoms with Crippen LogP contribution in [-0.4, -0.2) is 37.7 Å². The molecular weight excluding hydrogens is 260 g/mol. The van der Waals surface area contributed by atoms with Gasteiger partial charge in [-0.15, -0.1) is 0 Å². The Morgan fingerprint density at radius 3 is 2.67 bits per heavy atom. The average molecular weight is 290 g/mol. The van der Waals surface area contributed by atoms with Gasteiger partial charge in [-0.25, -0.2) is 4.98 Å². The number of hydrogen-bond donors (Lipinski definition) is 2. The molecule has 0 radical (unpaired) electrons. The van der Waals surface area contributed by atoms with Crippen molar-refractivity contribution in [3.8, 4) is 0 Å². The Bertz CT molecular complexity index is 396. The molecule has 1 aromatic heterocycles. The maximum absolute atomic E-state index is 5.54. The van der Waals surface area contributed by atoms with Gasteiger partial charge < -0.3 is 16.0 Å². The Morgan fingerprint density at radius 2 is 2.05 bits per heavy atom. The lowest BCUT2D eigenvalue weighted by Crippen LogP contribution is -2.36. The fraction of sp³-hybridized carbons (Fsp3) is 0.706. The van der Waals surface area contributed by atoms with Gasteiger partial charge in [0.25, 0.3) is 0 Å². The fourth-order valence-electron chi connectivity index (χ4n) is 3.12. The molecule has 1 aliphatic carbocycles. The van der Waals surface area contributed by atoms with E-state index < -0.39 is 0 Å². The molecule has 3 N–H and O–H groups in total. The summed E-state index contributed by atoms with van der Waals surface area (Å²) in [5.41, 5.74) is 6.76. The minimum atomic E-state index is 0.696. The Morgan fingerprint density at radius 1 is 1.29 bits per heavy atom. The molecule has 0 amide bonds. The maximum Gasteiger partial charge on any atom is 0.128 e. The van der Waals surface area contributed by atoms with Crippen molar-refractivity contribution < 1.29 is 0 Å². The normalized spacial score (nSPS) is 22.2. The summed E-state index contributed by atoms with van der Waals surface area (Å²) in [7, 11) is 2.14. The monoisotopic (exact) mass is 290 g/mol. The number of aromatic nitrogens is 1. The van der Waals surface area contributed by atoms with Crippen LogP contribution in [0.25, 0.3) is 0 Å². The topological polar surface area (TPSA) is 54.2 Å². The SMILES string of the molecule is Cc1ccc(N(C)CCC2CCC(NCCN)CC2)nc1. The summed E-state index contributed by atoms with van der Waals surface area (Å²) in [6.07, 6.45) is 8.51. The first-order chi connectivity index (χ1) is 10.2. The highest BCUT2D eigenvalue weighted by atomic mass is 15.2. The largest absolute Gasteiger partial charge is 0.360 e. The van der Waals surface area contributed by atoms with Crippen LogP contribution in [-0.2, 0) is 0 Å². The standard InChI is InChI=1S/C17H30N4/c1-14-3-8-17(20-13-14)21(2)12-9-15-4-6-16(7-5-15)19-11-10-18/h3,8,13,15-16,19H,4-7,9-12,18H2,1-2H3. The van der Waals surface area contributed by atoms with E-state index in [4.69, 9.17) is 5.73 Å². The quantitative estimate of drug-likeness (QED) is 0.809. The Kier molecular flexibility index (Phi) is 6.46. The van der Waals surface area contributed by atoms with Crippen LogP contribution in [0.3, 0.4) is 0 Å². The van der Waals surface area contributed by atoms with Gasteiger partial charge in [0.15, 0.2) is 0 Å². The first kappa shape index (κ1) is 16.2. The van der Waals surface area contributed by atoms with Gasteiger partial charge in [0, 0.05) is 38.9 Å². The van der Waals surface area contributed by atoms with E-state index in [1.165, 1.54) is 37.7 Å². The van der Waals surface area contributed by atoms with Crippen LogP contribution in [0.2, 0.25) is 0 Å². The summed E-state index contributed by atoms with van der Waals surface area (Å²) in [6.45, 7) is 4.88. The van der Waals surface area contributed by atoms with Gasteiger partial charge in [0.2, 0.25) is 0 Å². The van der Waals surface area contributed by atoms with Crippen molar-refractivity contribution in [1.29, 1.82) is 0 Å². The molecule has 0 aromatic carbocycles. The minimum absolute atomic E-state index is 0.696. The van der Waals surface area contributed by atoms with E-state index in [0.29, 0.717) is 6.04 Å². The molecule has 0 saturated heterocycles. The van der Waals surface area contributed by atoms with E-state index >= 15 is 0 Å². The van der Waals surface area contributed by atoms with Crippen LogP contribution < -0.4 is 16.0 Å². The second-order valence-electron chi connectivity index (χ2n) is 6.36. The third-order valence-corrected chi connectivity index (χ3v) is 4.58. The van der Waals surface area contributed by atoms with Crippen LogP contribution in [0, 0.1) is 12.8 Å². The molecule has 0 unspecified atom stereocenters. The number of anilines is 1. The Hall–Kier alpha value is -1.13. The van der Waals surface area contributed by atoms with Crippen molar-refractivity contribution in [1.82, 2.24) is 10.3 Å². The molecule has 118 valence electrons. The van der Waals surface area contributed by atoms with Crippen molar-refractivity contribution >= 4 is 5.82 Å². The van der Waals surface area contributed by atoms with Gasteiger partial charge in [0.05, 0.1) is 0 Å². The number of hydrogen-bond acceptors (Lipinski definition) is 4. The van der Waals surface area contributed by atoms with E-state index in [1.807, 2.05) is 6.20 Å². The molecule has 21 heavy (non-hydrogen) atoms. The summed E-state index contributed by atoms with van der Waals surface area (Å²) in [5.74, 6) is 1.95. The van der Waals surface area contributed by atoms with Crippen LogP contribution in [0.1, 0.15) is 37.7 Å². The number of pyridine rings is 1. The lowest BCUT2D eigenvalue weighted by atomic mass is 9.84. The van der Waals surface area contributed by atoms with E-state index in [9.17, 15) is 0 Å². The zero-order chi connectivity index (χ0) is 15.1. The van der Waals surface area contributed by atoms with Crippen LogP contribution >= 0.6 is 0 Å². The second kappa shape index (κ2) is 8.35. The zero-order valence-electron chi connectivity index (χ0n) is 13.5. The molecule has 0 aliphatic heterocycles. The predicted octanol–water partition coefficient (Wildman–Crippen LogP) is 2.32. The Labute approximate surface area is 129 Å². The molecule has 4 nitrogen and oxygen atoms in total. The van der Waals surface area contributed by atoms with Gasteiger partial charge >= 0.3 is 0 Å². The average Bonchev–Trinajstić information content (AvgIpc) is 2.52. The third kappa shape index (κ3) is 5.29. The zero-order valence-corrected chi connectivity index (χ0v) is 13.5. The van der Waals surface area contributed by atoms with Gasteiger partial charge in [-0.3, -0.25) is 0 Å². The molecule has 1 fully saturated rings. The van der Waals surface area contributed by atoms with Crippen molar-refractivity contribution in [2.24, 2.45) is 11.7 Å². The highest BCUT2D eigenvalue weighted by molar-refractivity contribution is 5.37. The van der Waals surface area contributed by atoms with Crippen molar-refractivity contribution in [2.75, 3.05) is 31.6 Å². The maximum atomic E-state index is 5.54. The van der Waals surface area contributed by atoms with E-state index in [2.05, 4.69) is 41.3 Å². The summed E-state index contributed by atoms with van der Waals surface area (Å²) in [4.78, 5) is 6.77. The number of nitrogens with two attached hydrogens (primary N) is 1. The lowest BCUT2D eigenvalue weighted by Gasteiger charge is -2.30. The molecule has 0 bridgehead atoms. The van der Waals surface area contributed by atoms with E-state index in [0.717, 1.165) is 31.4 Å². The Balaban J connectivity index is 1.68. The summed E-state index contributed by atoms with van der Waals surface area (Å²) < 4.78 is 0. The molecule has 4 heteroatoms. The van der Waals surface area contributed by atoms with Gasteiger partial charge in [-0.05, 0) is 56.6 Å². The molecule has 1 aliphatic rings. The number of aryl methyl sites for hydroxylation is 1. The van der Waals surface area contributed by atoms with Crippen molar-refractivity contribution in [3.63, 3.8) is 0 Å². The van der Waals surface area contributed by atoms with Crippen LogP contribution in [0.4, 0.5) is 5.82 Å². The predicted molar refractivity (Wildman–Crippen MR) is 89.7 cm³/mol. The first-order valence-electron chi connectivity index (χ1n) is 8.26. The number of rotatable bonds is 7. The van der Waals surface area contributed by atoms with Gasteiger partial charge in [-0.2, -0.15) is 0 Å². The summed E-state index contributed by atoms with van der Waals surface area (Å²) in [6, 6.07) is 4.94. The summed E-state index contributed by atoms with van der Waals surface area (Å²) >= 11 is 0. The number of nitrogens with zero attached hydrogens (tertiary/aromatic N) is 2. The first-order valence-corrected chi connectivity index (χ1v) is 8.26. The molecule has 0 spiro atoms. The smallest absolute Gasteiger partial charge is 0.128 e. The molecule has 1 aromatic rings. The second-order valence-corrected chi connectivity index (χ2v) is 6.36. The summed E-state index contributed by atoms with van der Waals surface area (Å²) in [5, 5.41) is 3.54. The highest BCUT2D eigenvalue weighted by Gasteiger charge is 2.20. The lowest BCUT2D eigenvalue weighted by molar-refractivity contribution is 0.283. The van der Waals surface area contributed by atoms with E-state index in [-0.39, 0.29) is 0 Å². The van der Waals surface area contributed by atoms with E-state index in [1.54, 1.807) is 0 Å². The minimum Gasteiger partial charge on any atom is -0.360 e. The third-order valence-electron chi connectivity index (χ3n) is 4.58. The molecule has 2 rings (SSSR count). The highest BCUT2D eigenvalue weighted by Crippen LogP contribution is 2.27.